The van der Waals surface area contributed by atoms with Crippen LogP contribution in [-0.4, -0.2) is 25.2 Å². The zero-order valence-electron chi connectivity index (χ0n) is 11.6. The third-order valence-corrected chi connectivity index (χ3v) is 6.51. The maximum atomic E-state index is 12.4. The molecule has 1 aliphatic heterocycles. The van der Waals surface area contributed by atoms with Gasteiger partial charge in [0.1, 0.15) is 0 Å². The molecule has 1 aromatic heterocycles. The van der Waals surface area contributed by atoms with Gasteiger partial charge in [-0.25, -0.2) is 8.42 Å². The topological polar surface area (TPSA) is 50.3 Å². The predicted octanol–water partition coefficient (Wildman–Crippen LogP) is 2.60. The van der Waals surface area contributed by atoms with Gasteiger partial charge in [-0.3, -0.25) is 9.29 Å². The first-order valence-corrected chi connectivity index (χ1v) is 8.71. The number of fused-ring (bicyclic) bond motifs is 1. The third kappa shape index (κ3) is 2.12. The molecule has 21 heavy (non-hydrogen) atoms. The molecule has 0 bridgehead atoms. The van der Waals surface area contributed by atoms with Gasteiger partial charge in [-0.05, 0) is 60.2 Å². The number of nitrogens with zero attached hydrogens (tertiary/aromatic N) is 2. The van der Waals surface area contributed by atoms with Crippen LogP contribution in [0.1, 0.15) is 18.4 Å². The van der Waals surface area contributed by atoms with E-state index in [2.05, 4.69) is 11.1 Å². The van der Waals surface area contributed by atoms with E-state index in [0.717, 1.165) is 41.6 Å². The molecular weight excluding hydrogens is 284 g/mol. The number of rotatable bonds is 3. The van der Waals surface area contributed by atoms with Crippen molar-refractivity contribution in [2.45, 2.75) is 24.5 Å². The molecule has 0 atom stereocenters. The normalized spacial score (nSPS) is 17.8. The minimum atomic E-state index is -3.13. The number of sulfonamides is 1. The number of hydrogen-bond donors (Lipinski definition) is 0. The molecule has 4 nitrogen and oxygen atoms in total. The summed E-state index contributed by atoms with van der Waals surface area (Å²) < 4.78 is 26.5. The molecular formula is C16H16N2O2S. The number of pyridine rings is 1. The minimum Gasteiger partial charge on any atom is -0.269 e. The Kier molecular flexibility index (Phi) is 2.79. The first-order chi connectivity index (χ1) is 10.2. The van der Waals surface area contributed by atoms with E-state index in [9.17, 15) is 8.42 Å². The van der Waals surface area contributed by atoms with Crippen LogP contribution >= 0.6 is 0 Å². The molecule has 2 aliphatic rings. The van der Waals surface area contributed by atoms with E-state index in [4.69, 9.17) is 0 Å². The number of benzene rings is 1. The van der Waals surface area contributed by atoms with Gasteiger partial charge in [-0.15, -0.1) is 0 Å². The van der Waals surface area contributed by atoms with Gasteiger partial charge in [-0.1, -0.05) is 6.07 Å². The fourth-order valence-electron chi connectivity index (χ4n) is 2.91. The van der Waals surface area contributed by atoms with Gasteiger partial charge in [0.05, 0.1) is 10.9 Å². The maximum absolute atomic E-state index is 12.4. The molecule has 1 saturated carbocycles. The van der Waals surface area contributed by atoms with Crippen LogP contribution in [0.25, 0.3) is 11.1 Å². The van der Waals surface area contributed by atoms with Crippen molar-refractivity contribution in [3.8, 4) is 11.1 Å². The summed E-state index contributed by atoms with van der Waals surface area (Å²) in [5, 5.41) is -0.150. The average Bonchev–Trinajstić information content (AvgIpc) is 3.28. The van der Waals surface area contributed by atoms with E-state index in [1.807, 2.05) is 24.3 Å². The van der Waals surface area contributed by atoms with Gasteiger partial charge in [-0.2, -0.15) is 0 Å². The standard InChI is InChI=1S/C16H16N2O2S/c19-21(20,15-2-3-15)18-10-7-14-11-13(1-4-16(14)18)12-5-8-17-9-6-12/h1,4-6,8-9,11,15H,2-3,7,10H2. The van der Waals surface area contributed by atoms with Crippen LogP contribution in [0.5, 0.6) is 0 Å². The highest BCUT2D eigenvalue weighted by molar-refractivity contribution is 7.93. The van der Waals surface area contributed by atoms with Gasteiger partial charge in [0.15, 0.2) is 0 Å². The summed E-state index contributed by atoms with van der Waals surface area (Å²) in [6, 6.07) is 9.98. The lowest BCUT2D eigenvalue weighted by atomic mass is 10.0. The van der Waals surface area contributed by atoms with Crippen LogP contribution in [0.2, 0.25) is 0 Å². The zero-order chi connectivity index (χ0) is 14.4. The Labute approximate surface area is 124 Å². The van der Waals surface area contributed by atoms with E-state index in [0.29, 0.717) is 6.54 Å². The molecule has 1 fully saturated rings. The quantitative estimate of drug-likeness (QED) is 0.875. The van der Waals surface area contributed by atoms with Crippen molar-refractivity contribution in [2.24, 2.45) is 0 Å². The van der Waals surface area contributed by atoms with E-state index >= 15 is 0 Å². The van der Waals surface area contributed by atoms with E-state index < -0.39 is 10.0 Å². The van der Waals surface area contributed by atoms with Crippen molar-refractivity contribution in [2.75, 3.05) is 10.8 Å². The van der Waals surface area contributed by atoms with Gasteiger partial charge in [0, 0.05) is 18.9 Å². The molecule has 1 aliphatic carbocycles. The number of hydrogen-bond acceptors (Lipinski definition) is 3. The first kappa shape index (κ1) is 12.8. The van der Waals surface area contributed by atoms with Crippen molar-refractivity contribution in [3.63, 3.8) is 0 Å². The second kappa shape index (κ2) is 4.56. The van der Waals surface area contributed by atoms with Crippen LogP contribution in [-0.2, 0) is 16.4 Å². The summed E-state index contributed by atoms with van der Waals surface area (Å²) in [5.74, 6) is 0. The summed E-state index contributed by atoms with van der Waals surface area (Å²) >= 11 is 0. The van der Waals surface area contributed by atoms with Gasteiger partial charge in [0.25, 0.3) is 0 Å². The molecule has 108 valence electrons. The van der Waals surface area contributed by atoms with Crippen LogP contribution in [0.15, 0.2) is 42.7 Å². The van der Waals surface area contributed by atoms with Crippen molar-refractivity contribution >= 4 is 15.7 Å². The lowest BCUT2D eigenvalue weighted by Crippen LogP contribution is -2.32. The number of aromatic nitrogens is 1. The van der Waals surface area contributed by atoms with Gasteiger partial charge >= 0.3 is 0 Å². The highest BCUT2D eigenvalue weighted by Gasteiger charge is 2.42. The van der Waals surface area contributed by atoms with E-state index in [-0.39, 0.29) is 5.25 Å². The average molecular weight is 300 g/mol. The first-order valence-electron chi connectivity index (χ1n) is 7.21. The smallest absolute Gasteiger partial charge is 0.238 e. The van der Waals surface area contributed by atoms with Crippen LogP contribution in [0, 0.1) is 0 Å². The third-order valence-electron chi connectivity index (χ3n) is 4.20. The fraction of sp³-hybridized carbons (Fsp3) is 0.312. The second-order valence-corrected chi connectivity index (χ2v) is 7.78. The van der Waals surface area contributed by atoms with Crippen molar-refractivity contribution in [3.05, 3.63) is 48.3 Å². The molecule has 2 heterocycles. The van der Waals surface area contributed by atoms with Gasteiger partial charge in [0.2, 0.25) is 10.0 Å². The summed E-state index contributed by atoms with van der Waals surface area (Å²) in [6.45, 7) is 0.577. The highest BCUT2D eigenvalue weighted by atomic mass is 32.2. The second-order valence-electron chi connectivity index (χ2n) is 5.65. The Morgan fingerprint density at radius 1 is 1.05 bits per heavy atom. The molecule has 0 radical (unpaired) electrons. The number of anilines is 1. The molecule has 0 amide bonds. The van der Waals surface area contributed by atoms with Crippen molar-refractivity contribution < 1.29 is 8.42 Å². The molecule has 4 rings (SSSR count). The molecule has 0 saturated heterocycles. The van der Waals surface area contributed by atoms with E-state index in [1.54, 1.807) is 16.7 Å². The minimum absolute atomic E-state index is 0.150. The van der Waals surface area contributed by atoms with Crippen molar-refractivity contribution in [1.29, 1.82) is 0 Å². The molecule has 0 unspecified atom stereocenters. The molecule has 0 N–H and O–H groups in total. The lowest BCUT2D eigenvalue weighted by Gasteiger charge is -2.19. The Balaban J connectivity index is 1.72. The predicted molar refractivity (Wildman–Crippen MR) is 82.7 cm³/mol. The lowest BCUT2D eigenvalue weighted by molar-refractivity contribution is 0.591. The summed E-state index contributed by atoms with van der Waals surface area (Å²) in [7, 11) is -3.13. The summed E-state index contributed by atoms with van der Waals surface area (Å²) in [6.07, 6.45) is 5.95. The molecule has 1 aromatic carbocycles. The SMILES string of the molecule is O=S(=O)(C1CC1)N1CCc2cc(-c3ccncc3)ccc21. The largest absolute Gasteiger partial charge is 0.269 e. The molecule has 2 aromatic rings. The fourth-order valence-corrected chi connectivity index (χ4v) is 4.80. The molecule has 5 heteroatoms. The zero-order valence-corrected chi connectivity index (χ0v) is 12.4. The maximum Gasteiger partial charge on any atom is 0.238 e. The van der Waals surface area contributed by atoms with Crippen molar-refractivity contribution in [1.82, 2.24) is 4.98 Å². The Bertz CT molecular complexity index is 783. The van der Waals surface area contributed by atoms with E-state index in [1.165, 1.54) is 0 Å². The Morgan fingerprint density at radius 2 is 1.81 bits per heavy atom. The Morgan fingerprint density at radius 3 is 2.52 bits per heavy atom. The Hall–Kier alpha value is -1.88. The monoisotopic (exact) mass is 300 g/mol. The summed E-state index contributed by atoms with van der Waals surface area (Å²) in [5.41, 5.74) is 4.20. The highest BCUT2D eigenvalue weighted by Crippen LogP contribution is 2.39. The van der Waals surface area contributed by atoms with Crippen LogP contribution in [0.4, 0.5) is 5.69 Å². The molecule has 0 spiro atoms. The van der Waals surface area contributed by atoms with Crippen LogP contribution < -0.4 is 4.31 Å². The van der Waals surface area contributed by atoms with Gasteiger partial charge < -0.3 is 0 Å². The van der Waals surface area contributed by atoms with Crippen LogP contribution in [0.3, 0.4) is 0 Å². The summed E-state index contributed by atoms with van der Waals surface area (Å²) in [4.78, 5) is 4.03.